The summed E-state index contributed by atoms with van der Waals surface area (Å²) >= 11 is 0. The molecule has 1 aromatic carbocycles. The minimum Gasteiger partial charge on any atom is -0.0758 e. The molecule has 0 aliphatic carbocycles. The third kappa shape index (κ3) is 4.33. The third-order valence-corrected chi connectivity index (χ3v) is 1.97. The van der Waals surface area contributed by atoms with E-state index in [4.69, 9.17) is 0 Å². The second-order valence-corrected chi connectivity index (χ2v) is 3.67. The van der Waals surface area contributed by atoms with Gasteiger partial charge in [-0.15, -0.1) is 0 Å². The van der Waals surface area contributed by atoms with Gasteiger partial charge in [-0.3, -0.25) is 0 Å². The van der Waals surface area contributed by atoms with Crippen LogP contribution < -0.4 is 0 Å². The molecule has 0 nitrogen and oxygen atoms in total. The van der Waals surface area contributed by atoms with Crippen molar-refractivity contribution in [2.45, 2.75) is 20.8 Å². The molecule has 1 rings (SSSR count). The first-order chi connectivity index (χ1) is 7.20. The zero-order valence-corrected chi connectivity index (χ0v) is 9.54. The van der Waals surface area contributed by atoms with E-state index in [1.165, 1.54) is 11.1 Å². The van der Waals surface area contributed by atoms with E-state index in [1.807, 2.05) is 37.3 Å². The van der Waals surface area contributed by atoms with E-state index in [0.29, 0.717) is 0 Å². The largest absolute Gasteiger partial charge is 0.0758 e. The summed E-state index contributed by atoms with van der Waals surface area (Å²) in [6, 6.07) is 10.2. The summed E-state index contributed by atoms with van der Waals surface area (Å²) in [4.78, 5) is 0. The first kappa shape index (κ1) is 11.3. The second-order valence-electron chi connectivity index (χ2n) is 3.67. The van der Waals surface area contributed by atoms with Gasteiger partial charge in [0.05, 0.1) is 0 Å². The molecule has 0 radical (unpaired) electrons. The van der Waals surface area contributed by atoms with Crippen LogP contribution in [0.15, 0.2) is 59.5 Å². The van der Waals surface area contributed by atoms with Crippen molar-refractivity contribution in [2.24, 2.45) is 0 Å². The lowest BCUT2D eigenvalue weighted by Crippen LogP contribution is -1.74. The molecule has 0 fully saturated rings. The average molecular weight is 196 g/mol. The van der Waals surface area contributed by atoms with Gasteiger partial charge in [-0.1, -0.05) is 53.4 Å². The van der Waals surface area contributed by atoms with E-state index in [1.54, 1.807) is 0 Å². The first-order valence-electron chi connectivity index (χ1n) is 5.07. The fourth-order valence-electron chi connectivity index (χ4n) is 1.12. The Kier molecular flexibility index (Phi) is 4.44. The maximum atomic E-state index is 3.12. The SMILES string of the molecule is CC(=C=C=CC=C(C)C)c1ccccc1. The Hall–Kier alpha value is -1.74. The Balaban J connectivity index is 2.95. The molecule has 0 heteroatoms. The van der Waals surface area contributed by atoms with Crippen molar-refractivity contribution in [3.63, 3.8) is 0 Å². The Bertz CT molecular complexity index is 430. The minimum atomic E-state index is 1.11. The highest BCUT2D eigenvalue weighted by Crippen LogP contribution is 2.10. The molecule has 0 aliphatic heterocycles. The summed E-state index contributed by atoms with van der Waals surface area (Å²) in [6.45, 7) is 6.16. The first-order valence-corrected chi connectivity index (χ1v) is 5.07. The van der Waals surface area contributed by atoms with Crippen molar-refractivity contribution in [1.82, 2.24) is 0 Å². The molecule has 0 N–H and O–H groups in total. The van der Waals surface area contributed by atoms with Crippen molar-refractivity contribution >= 4 is 5.57 Å². The van der Waals surface area contributed by atoms with Gasteiger partial charge in [-0.05, 0) is 32.4 Å². The van der Waals surface area contributed by atoms with Gasteiger partial charge < -0.3 is 0 Å². The highest BCUT2D eigenvalue weighted by atomic mass is 13.9. The molecular formula is C15H16. The summed E-state index contributed by atoms with van der Waals surface area (Å²) in [5.41, 5.74) is 9.71. The van der Waals surface area contributed by atoms with Crippen LogP contribution in [0.25, 0.3) is 5.57 Å². The molecule has 0 saturated heterocycles. The van der Waals surface area contributed by atoms with Gasteiger partial charge in [0.25, 0.3) is 0 Å². The lowest BCUT2D eigenvalue weighted by atomic mass is 10.1. The molecule has 0 amide bonds. The Morgan fingerprint density at radius 1 is 1.07 bits per heavy atom. The van der Waals surface area contributed by atoms with Gasteiger partial charge >= 0.3 is 0 Å². The number of allylic oxidation sites excluding steroid dienone is 4. The fourth-order valence-corrected chi connectivity index (χ4v) is 1.12. The monoisotopic (exact) mass is 196 g/mol. The van der Waals surface area contributed by atoms with Crippen LogP contribution in [0.1, 0.15) is 26.3 Å². The summed E-state index contributed by atoms with van der Waals surface area (Å²) in [6.07, 6.45) is 3.91. The van der Waals surface area contributed by atoms with E-state index in [2.05, 4.69) is 37.4 Å². The van der Waals surface area contributed by atoms with Crippen LogP contribution in [0, 0.1) is 0 Å². The highest BCUT2D eigenvalue weighted by molar-refractivity contribution is 5.62. The van der Waals surface area contributed by atoms with Crippen LogP contribution >= 0.6 is 0 Å². The van der Waals surface area contributed by atoms with Crippen molar-refractivity contribution in [2.75, 3.05) is 0 Å². The van der Waals surface area contributed by atoms with E-state index >= 15 is 0 Å². The van der Waals surface area contributed by atoms with Gasteiger partial charge in [0, 0.05) is 5.57 Å². The summed E-state index contributed by atoms with van der Waals surface area (Å²) in [5, 5.41) is 0. The van der Waals surface area contributed by atoms with Gasteiger partial charge in [-0.25, -0.2) is 0 Å². The van der Waals surface area contributed by atoms with E-state index < -0.39 is 0 Å². The molecule has 0 aliphatic rings. The van der Waals surface area contributed by atoms with Crippen LogP contribution in [0.4, 0.5) is 0 Å². The Labute approximate surface area is 92.0 Å². The molecule has 0 spiro atoms. The Morgan fingerprint density at radius 3 is 2.33 bits per heavy atom. The van der Waals surface area contributed by atoms with Crippen LogP contribution in [-0.2, 0) is 0 Å². The molecule has 0 heterocycles. The number of hydrogen-bond donors (Lipinski definition) is 0. The minimum absolute atomic E-state index is 1.11. The maximum Gasteiger partial charge on any atom is 0.00651 e. The Morgan fingerprint density at radius 2 is 1.73 bits per heavy atom. The van der Waals surface area contributed by atoms with Gasteiger partial charge in [0.15, 0.2) is 0 Å². The molecule has 0 saturated carbocycles. The van der Waals surface area contributed by atoms with Crippen LogP contribution in [0.2, 0.25) is 0 Å². The van der Waals surface area contributed by atoms with Gasteiger partial charge in [0.1, 0.15) is 0 Å². The molecule has 15 heavy (non-hydrogen) atoms. The molecule has 0 bridgehead atoms. The van der Waals surface area contributed by atoms with E-state index in [9.17, 15) is 0 Å². The van der Waals surface area contributed by atoms with Crippen molar-refractivity contribution < 1.29 is 0 Å². The molecule has 1 aromatic rings. The number of benzene rings is 1. The van der Waals surface area contributed by atoms with Crippen molar-refractivity contribution in [1.29, 1.82) is 0 Å². The summed E-state index contributed by atoms with van der Waals surface area (Å²) in [5.74, 6) is 0. The maximum absolute atomic E-state index is 3.12. The quantitative estimate of drug-likeness (QED) is 0.487. The predicted molar refractivity (Wildman–Crippen MR) is 66.6 cm³/mol. The second kappa shape index (κ2) is 5.88. The van der Waals surface area contributed by atoms with Crippen LogP contribution in [-0.4, -0.2) is 0 Å². The lowest BCUT2D eigenvalue weighted by molar-refractivity contribution is 1.39. The summed E-state index contributed by atoms with van der Waals surface area (Å²) < 4.78 is 0. The fraction of sp³-hybridized carbons (Fsp3) is 0.200. The van der Waals surface area contributed by atoms with Crippen molar-refractivity contribution in [3.8, 4) is 0 Å². The van der Waals surface area contributed by atoms with Gasteiger partial charge in [-0.2, -0.15) is 0 Å². The third-order valence-electron chi connectivity index (χ3n) is 1.97. The standard InChI is InChI=1S/C15H16/c1-13(2)9-7-8-10-14(3)15-11-5-4-6-12-15/h4-7,9,11-12H,1-3H3. The van der Waals surface area contributed by atoms with Crippen LogP contribution in [0.3, 0.4) is 0 Å². The number of hydrogen-bond acceptors (Lipinski definition) is 0. The molecule has 0 aromatic heterocycles. The van der Waals surface area contributed by atoms with Crippen LogP contribution in [0.5, 0.6) is 0 Å². The van der Waals surface area contributed by atoms with Crippen molar-refractivity contribution in [3.05, 3.63) is 65.1 Å². The lowest BCUT2D eigenvalue weighted by Gasteiger charge is -1.94. The molecule has 76 valence electrons. The smallest absolute Gasteiger partial charge is 0.00651 e. The number of rotatable bonds is 2. The summed E-state index contributed by atoms with van der Waals surface area (Å²) in [7, 11) is 0. The zero-order valence-electron chi connectivity index (χ0n) is 9.54. The van der Waals surface area contributed by atoms with E-state index in [0.717, 1.165) is 5.57 Å². The normalized spacial score (nSPS) is 8.47. The average Bonchev–Trinajstić information content (AvgIpc) is 2.25. The molecule has 0 unspecified atom stereocenters. The topological polar surface area (TPSA) is 0 Å². The molecule has 0 atom stereocenters. The molecular weight excluding hydrogens is 180 g/mol. The zero-order chi connectivity index (χ0) is 11.1. The predicted octanol–water partition coefficient (Wildman–Crippen LogP) is 4.37. The highest BCUT2D eigenvalue weighted by Gasteiger charge is 1.89. The van der Waals surface area contributed by atoms with Gasteiger partial charge in [0.2, 0.25) is 0 Å². The van der Waals surface area contributed by atoms with E-state index in [-0.39, 0.29) is 0 Å².